The van der Waals surface area contributed by atoms with Crippen molar-refractivity contribution in [2.75, 3.05) is 52.0 Å². The van der Waals surface area contributed by atoms with E-state index in [1.807, 2.05) is 4.90 Å². The normalized spacial score (nSPS) is 10.8. The quantitative estimate of drug-likeness (QED) is 0.636. The second kappa shape index (κ2) is 7.99. The molecular weight excluding hydrogens is 224 g/mol. The molecule has 2 N–H and O–H groups in total. The molecule has 0 fully saturated rings. The molecule has 1 rings (SSSR count). The summed E-state index contributed by atoms with van der Waals surface area (Å²) in [6.07, 6.45) is 0.593. The average molecular weight is 244 g/mol. The monoisotopic (exact) mass is 244 g/mol. The molecule has 0 aromatic carbocycles. The Hall–Kier alpha value is -1.18. The van der Waals surface area contributed by atoms with Gasteiger partial charge in [-0.15, -0.1) is 5.10 Å². The van der Waals surface area contributed by atoms with Crippen molar-refractivity contribution in [1.29, 1.82) is 0 Å². The Morgan fingerprint density at radius 1 is 1.18 bits per heavy atom. The third kappa shape index (κ3) is 4.68. The van der Waals surface area contributed by atoms with Crippen molar-refractivity contribution in [3.05, 3.63) is 5.89 Å². The van der Waals surface area contributed by atoms with Crippen LogP contribution in [0.15, 0.2) is 4.42 Å². The van der Waals surface area contributed by atoms with Crippen molar-refractivity contribution in [1.82, 2.24) is 10.2 Å². The van der Waals surface area contributed by atoms with Gasteiger partial charge in [0.25, 0.3) is 0 Å². The lowest BCUT2D eigenvalue weighted by molar-refractivity contribution is 0.188. The maximum absolute atomic E-state index is 5.49. The molecule has 0 saturated carbocycles. The van der Waals surface area contributed by atoms with Gasteiger partial charge in [0, 0.05) is 40.3 Å². The standard InChI is InChI=1S/C10H20N4O3/c1-15-7-5-14(6-8-16-2)10-13-12-9(17-10)3-4-11/h3-8,11H2,1-2H3. The first-order chi connectivity index (χ1) is 8.31. The maximum Gasteiger partial charge on any atom is 0.318 e. The molecule has 1 aromatic heterocycles. The van der Waals surface area contributed by atoms with E-state index in [0.717, 1.165) is 0 Å². The number of anilines is 1. The van der Waals surface area contributed by atoms with Gasteiger partial charge in [0.1, 0.15) is 0 Å². The fraction of sp³-hybridized carbons (Fsp3) is 0.800. The third-order valence-corrected chi connectivity index (χ3v) is 2.22. The van der Waals surface area contributed by atoms with Crippen molar-refractivity contribution >= 4 is 6.01 Å². The van der Waals surface area contributed by atoms with Crippen LogP contribution in [0.2, 0.25) is 0 Å². The van der Waals surface area contributed by atoms with E-state index in [0.29, 0.717) is 51.2 Å². The molecule has 0 saturated heterocycles. The highest BCUT2D eigenvalue weighted by molar-refractivity contribution is 5.23. The highest BCUT2D eigenvalue weighted by Crippen LogP contribution is 2.11. The number of ether oxygens (including phenoxy) is 2. The predicted molar refractivity (Wildman–Crippen MR) is 63.0 cm³/mol. The molecule has 0 radical (unpaired) electrons. The summed E-state index contributed by atoms with van der Waals surface area (Å²) in [6.45, 7) is 3.06. The van der Waals surface area contributed by atoms with Crippen LogP contribution in [0, 0.1) is 0 Å². The zero-order valence-corrected chi connectivity index (χ0v) is 10.4. The van der Waals surface area contributed by atoms with E-state index in [1.54, 1.807) is 14.2 Å². The molecule has 0 amide bonds. The Labute approximate surface area is 101 Å². The molecule has 0 bridgehead atoms. The van der Waals surface area contributed by atoms with Crippen LogP contribution in [0.1, 0.15) is 5.89 Å². The average Bonchev–Trinajstić information content (AvgIpc) is 2.78. The summed E-state index contributed by atoms with van der Waals surface area (Å²) in [5.74, 6) is 0.558. The molecule has 7 heteroatoms. The van der Waals surface area contributed by atoms with Gasteiger partial charge in [0.2, 0.25) is 5.89 Å². The van der Waals surface area contributed by atoms with Crippen molar-refractivity contribution in [2.24, 2.45) is 5.73 Å². The van der Waals surface area contributed by atoms with Crippen LogP contribution >= 0.6 is 0 Å². The molecule has 98 valence electrons. The van der Waals surface area contributed by atoms with Crippen LogP contribution in [0.5, 0.6) is 0 Å². The number of methoxy groups -OCH3 is 2. The molecule has 0 atom stereocenters. The summed E-state index contributed by atoms with van der Waals surface area (Å²) >= 11 is 0. The van der Waals surface area contributed by atoms with Crippen LogP contribution in [0.4, 0.5) is 6.01 Å². The van der Waals surface area contributed by atoms with E-state index in [1.165, 1.54) is 0 Å². The van der Waals surface area contributed by atoms with Gasteiger partial charge >= 0.3 is 6.01 Å². The predicted octanol–water partition coefficient (Wildman–Crippen LogP) is -0.330. The minimum absolute atomic E-state index is 0.488. The molecule has 7 nitrogen and oxygen atoms in total. The molecule has 0 unspecified atom stereocenters. The minimum atomic E-state index is 0.488. The second-order valence-corrected chi connectivity index (χ2v) is 3.49. The van der Waals surface area contributed by atoms with Crippen LogP contribution < -0.4 is 10.6 Å². The van der Waals surface area contributed by atoms with Crippen molar-refractivity contribution in [2.45, 2.75) is 6.42 Å². The smallest absolute Gasteiger partial charge is 0.318 e. The van der Waals surface area contributed by atoms with Gasteiger partial charge in [0.15, 0.2) is 0 Å². The first-order valence-electron chi connectivity index (χ1n) is 5.57. The minimum Gasteiger partial charge on any atom is -0.408 e. The van der Waals surface area contributed by atoms with Crippen molar-refractivity contribution in [3.63, 3.8) is 0 Å². The van der Waals surface area contributed by atoms with Crippen molar-refractivity contribution < 1.29 is 13.9 Å². The van der Waals surface area contributed by atoms with Crippen molar-refractivity contribution in [3.8, 4) is 0 Å². The lowest BCUT2D eigenvalue weighted by Crippen LogP contribution is -2.30. The molecule has 1 aromatic rings. The molecule has 0 aliphatic rings. The van der Waals surface area contributed by atoms with E-state index in [9.17, 15) is 0 Å². The molecule has 1 heterocycles. The largest absolute Gasteiger partial charge is 0.408 e. The molecule has 0 spiro atoms. The summed E-state index contributed by atoms with van der Waals surface area (Å²) in [7, 11) is 3.31. The number of hydrogen-bond acceptors (Lipinski definition) is 7. The number of nitrogens with two attached hydrogens (primary N) is 1. The van der Waals surface area contributed by atoms with Gasteiger partial charge < -0.3 is 24.5 Å². The van der Waals surface area contributed by atoms with E-state index in [-0.39, 0.29) is 0 Å². The summed E-state index contributed by atoms with van der Waals surface area (Å²) in [5.41, 5.74) is 5.42. The number of nitrogens with zero attached hydrogens (tertiary/aromatic N) is 3. The molecule has 0 aliphatic carbocycles. The van der Waals surface area contributed by atoms with Gasteiger partial charge in [-0.1, -0.05) is 5.10 Å². The van der Waals surface area contributed by atoms with Gasteiger partial charge in [-0.25, -0.2) is 0 Å². The Bertz CT molecular complexity index is 297. The van der Waals surface area contributed by atoms with E-state index in [4.69, 9.17) is 19.6 Å². The highest BCUT2D eigenvalue weighted by Gasteiger charge is 2.13. The SMILES string of the molecule is COCCN(CCOC)c1nnc(CCN)o1. The first-order valence-corrected chi connectivity index (χ1v) is 5.57. The Morgan fingerprint density at radius 3 is 2.35 bits per heavy atom. The Kier molecular flexibility index (Phi) is 6.53. The highest BCUT2D eigenvalue weighted by atomic mass is 16.5. The summed E-state index contributed by atoms with van der Waals surface area (Å²) < 4.78 is 15.6. The van der Waals surface area contributed by atoms with E-state index < -0.39 is 0 Å². The Balaban J connectivity index is 2.58. The zero-order valence-electron chi connectivity index (χ0n) is 10.4. The summed E-state index contributed by atoms with van der Waals surface area (Å²) in [5, 5.41) is 7.91. The van der Waals surface area contributed by atoms with Crippen LogP contribution in [0.25, 0.3) is 0 Å². The van der Waals surface area contributed by atoms with Gasteiger partial charge in [-0.3, -0.25) is 0 Å². The maximum atomic E-state index is 5.49. The third-order valence-electron chi connectivity index (χ3n) is 2.22. The van der Waals surface area contributed by atoms with Crippen LogP contribution in [-0.4, -0.2) is 57.3 Å². The second-order valence-electron chi connectivity index (χ2n) is 3.49. The Morgan fingerprint density at radius 2 is 1.82 bits per heavy atom. The number of aromatic nitrogens is 2. The van der Waals surface area contributed by atoms with E-state index in [2.05, 4.69) is 10.2 Å². The summed E-state index contributed by atoms with van der Waals surface area (Å²) in [4.78, 5) is 1.93. The van der Waals surface area contributed by atoms with Gasteiger partial charge in [-0.05, 0) is 0 Å². The zero-order chi connectivity index (χ0) is 12.5. The van der Waals surface area contributed by atoms with Gasteiger partial charge in [0.05, 0.1) is 13.2 Å². The van der Waals surface area contributed by atoms with E-state index >= 15 is 0 Å². The number of hydrogen-bond donors (Lipinski definition) is 1. The first kappa shape index (κ1) is 13.9. The molecule has 0 aliphatic heterocycles. The lowest BCUT2D eigenvalue weighted by atomic mass is 10.4. The lowest BCUT2D eigenvalue weighted by Gasteiger charge is -2.18. The summed E-state index contributed by atoms with van der Waals surface area (Å²) in [6, 6.07) is 0.488. The molecular formula is C10H20N4O3. The topological polar surface area (TPSA) is 86.6 Å². The number of rotatable bonds is 9. The van der Waals surface area contributed by atoms with Crippen LogP contribution in [0.3, 0.4) is 0 Å². The molecule has 17 heavy (non-hydrogen) atoms. The fourth-order valence-corrected chi connectivity index (χ4v) is 1.30. The fourth-order valence-electron chi connectivity index (χ4n) is 1.30. The van der Waals surface area contributed by atoms with Crippen LogP contribution in [-0.2, 0) is 15.9 Å². The van der Waals surface area contributed by atoms with Gasteiger partial charge in [-0.2, -0.15) is 0 Å².